The molecule has 0 bridgehead atoms. The number of para-hydroxylation sites is 1. The second-order valence-corrected chi connectivity index (χ2v) is 11.6. The van der Waals surface area contributed by atoms with Crippen LogP contribution in [0.1, 0.15) is 47.2 Å². The van der Waals surface area contributed by atoms with E-state index in [-0.39, 0.29) is 17.7 Å². The SMILES string of the molecule is CN(C)c1cccc(C(=O)N2CCCN(Cc3ccc(Cl)cc3)CCCN(C(=O)C3CC3)c3ccccc3C2)c1. The minimum atomic E-state index is 0.0138. The molecule has 3 aromatic carbocycles. The van der Waals surface area contributed by atoms with Gasteiger partial charge < -0.3 is 14.7 Å². The molecule has 5 rings (SSSR count). The van der Waals surface area contributed by atoms with E-state index in [0.29, 0.717) is 25.2 Å². The van der Waals surface area contributed by atoms with Gasteiger partial charge in [0.1, 0.15) is 0 Å². The number of fused-ring (bicyclic) bond motifs is 1. The van der Waals surface area contributed by atoms with Gasteiger partial charge in [0.25, 0.3) is 5.91 Å². The van der Waals surface area contributed by atoms with E-state index in [1.54, 1.807) is 0 Å². The molecule has 7 heteroatoms. The molecule has 3 aromatic rings. The number of halogens is 1. The van der Waals surface area contributed by atoms with Gasteiger partial charge in [-0.05, 0) is 73.2 Å². The Bertz CT molecular complexity index is 1320. The molecule has 0 unspecified atom stereocenters. The Kier molecular flexibility index (Phi) is 9.08. The van der Waals surface area contributed by atoms with Gasteiger partial charge in [-0.2, -0.15) is 0 Å². The smallest absolute Gasteiger partial charge is 0.254 e. The summed E-state index contributed by atoms with van der Waals surface area (Å²) in [5, 5.41) is 0.734. The van der Waals surface area contributed by atoms with E-state index in [1.165, 1.54) is 5.56 Å². The lowest BCUT2D eigenvalue weighted by molar-refractivity contribution is -0.119. The van der Waals surface area contributed by atoms with Gasteiger partial charge in [-0.25, -0.2) is 0 Å². The summed E-state index contributed by atoms with van der Waals surface area (Å²) in [6, 6.07) is 23.9. The van der Waals surface area contributed by atoms with Gasteiger partial charge in [-0.1, -0.05) is 48.0 Å². The summed E-state index contributed by atoms with van der Waals surface area (Å²) in [6.45, 7) is 4.31. The van der Waals surface area contributed by atoms with Crippen LogP contribution in [0.3, 0.4) is 0 Å². The van der Waals surface area contributed by atoms with Gasteiger partial charge in [-0.15, -0.1) is 0 Å². The van der Waals surface area contributed by atoms with Crippen LogP contribution in [0.15, 0.2) is 72.8 Å². The molecule has 0 aromatic heterocycles. The third-order valence-corrected chi connectivity index (χ3v) is 8.06. The third-order valence-electron chi connectivity index (χ3n) is 7.81. The number of carbonyl (C=O) groups is 2. The Balaban J connectivity index is 1.45. The highest BCUT2D eigenvalue weighted by molar-refractivity contribution is 6.30. The Hall–Kier alpha value is -3.35. The van der Waals surface area contributed by atoms with E-state index in [0.717, 1.165) is 67.3 Å². The normalized spacial score (nSPS) is 17.0. The first-order valence-corrected chi connectivity index (χ1v) is 14.7. The molecule has 0 radical (unpaired) electrons. The van der Waals surface area contributed by atoms with Gasteiger partial charge in [-0.3, -0.25) is 14.5 Å². The second-order valence-electron chi connectivity index (χ2n) is 11.2. The molecule has 6 nitrogen and oxygen atoms in total. The van der Waals surface area contributed by atoms with Crippen LogP contribution in [0.5, 0.6) is 0 Å². The number of hydrogen-bond acceptors (Lipinski definition) is 4. The molecule has 1 saturated carbocycles. The Labute approximate surface area is 243 Å². The molecular weight excluding hydrogens is 520 g/mol. The van der Waals surface area contributed by atoms with Crippen molar-refractivity contribution in [2.45, 2.75) is 38.8 Å². The molecule has 0 saturated heterocycles. The highest BCUT2D eigenvalue weighted by Gasteiger charge is 2.35. The maximum atomic E-state index is 13.9. The number of benzene rings is 3. The standard InChI is InChI=1S/C33H39ClN4O2/c1-35(2)30-10-5-9-27(22-30)32(39)37-20-6-18-36(23-25-12-16-29(34)17-13-25)19-7-21-38(33(40)26-14-15-26)31-11-4-3-8-28(31)24-37/h3-5,8-13,16-17,22,26H,6-7,14-15,18-21,23-24H2,1-2H3. The summed E-state index contributed by atoms with van der Waals surface area (Å²) in [4.78, 5) is 35.8. The van der Waals surface area contributed by atoms with E-state index in [4.69, 9.17) is 11.6 Å². The van der Waals surface area contributed by atoms with Crippen molar-refractivity contribution >= 4 is 34.8 Å². The minimum absolute atomic E-state index is 0.0138. The van der Waals surface area contributed by atoms with Gasteiger partial charge >= 0.3 is 0 Å². The predicted molar refractivity (Wildman–Crippen MR) is 163 cm³/mol. The van der Waals surface area contributed by atoms with Crippen LogP contribution < -0.4 is 9.80 Å². The molecule has 1 fully saturated rings. The van der Waals surface area contributed by atoms with Crippen LogP contribution in [-0.4, -0.2) is 61.9 Å². The zero-order valence-electron chi connectivity index (χ0n) is 23.6. The molecule has 1 aliphatic carbocycles. The minimum Gasteiger partial charge on any atom is -0.378 e. The van der Waals surface area contributed by atoms with Crippen molar-refractivity contribution < 1.29 is 9.59 Å². The maximum absolute atomic E-state index is 13.9. The van der Waals surface area contributed by atoms with E-state index in [1.807, 2.05) is 83.4 Å². The third kappa shape index (κ3) is 7.04. The predicted octanol–water partition coefficient (Wildman–Crippen LogP) is 6.09. The van der Waals surface area contributed by atoms with Gasteiger partial charge in [0, 0.05) is 81.2 Å². The Morgan fingerprint density at radius 3 is 2.33 bits per heavy atom. The first kappa shape index (κ1) is 28.2. The number of hydrogen-bond donors (Lipinski definition) is 0. The maximum Gasteiger partial charge on any atom is 0.254 e. The highest BCUT2D eigenvalue weighted by Crippen LogP contribution is 2.34. The number of amides is 2. The van der Waals surface area contributed by atoms with Crippen molar-refractivity contribution in [3.05, 3.63) is 94.5 Å². The Morgan fingerprint density at radius 1 is 0.875 bits per heavy atom. The van der Waals surface area contributed by atoms with Crippen LogP contribution >= 0.6 is 11.6 Å². The van der Waals surface area contributed by atoms with Crippen molar-refractivity contribution in [1.29, 1.82) is 0 Å². The molecule has 40 heavy (non-hydrogen) atoms. The highest BCUT2D eigenvalue weighted by atomic mass is 35.5. The van der Waals surface area contributed by atoms with Crippen molar-refractivity contribution in [3.8, 4) is 0 Å². The molecule has 0 N–H and O–H groups in total. The largest absolute Gasteiger partial charge is 0.378 e. The number of nitrogens with zero attached hydrogens (tertiary/aromatic N) is 4. The average Bonchev–Trinajstić information content (AvgIpc) is 3.81. The zero-order valence-corrected chi connectivity index (χ0v) is 24.3. The number of anilines is 2. The summed E-state index contributed by atoms with van der Waals surface area (Å²) in [5.41, 5.74) is 4.84. The van der Waals surface area contributed by atoms with E-state index in [9.17, 15) is 9.59 Å². The molecule has 2 aliphatic rings. The summed E-state index contributed by atoms with van der Waals surface area (Å²) >= 11 is 6.13. The first-order chi connectivity index (χ1) is 19.4. The van der Waals surface area contributed by atoms with Gasteiger partial charge in [0.15, 0.2) is 0 Å². The van der Waals surface area contributed by atoms with Gasteiger partial charge in [0.05, 0.1) is 0 Å². The fraction of sp³-hybridized carbons (Fsp3) is 0.394. The first-order valence-electron chi connectivity index (χ1n) is 14.3. The lowest BCUT2D eigenvalue weighted by Gasteiger charge is -2.32. The topological polar surface area (TPSA) is 47.1 Å². The zero-order chi connectivity index (χ0) is 28.1. The fourth-order valence-electron chi connectivity index (χ4n) is 5.42. The van der Waals surface area contributed by atoms with Crippen molar-refractivity contribution in [2.24, 2.45) is 5.92 Å². The average molecular weight is 559 g/mol. The van der Waals surface area contributed by atoms with E-state index >= 15 is 0 Å². The summed E-state index contributed by atoms with van der Waals surface area (Å²) in [5.74, 6) is 0.350. The molecule has 1 heterocycles. The second kappa shape index (κ2) is 12.9. The molecule has 1 aliphatic heterocycles. The lowest BCUT2D eigenvalue weighted by atomic mass is 10.1. The van der Waals surface area contributed by atoms with E-state index < -0.39 is 0 Å². The lowest BCUT2D eigenvalue weighted by Crippen LogP contribution is -2.39. The summed E-state index contributed by atoms with van der Waals surface area (Å²) in [6.07, 6.45) is 3.68. The molecule has 0 spiro atoms. The quantitative estimate of drug-likeness (QED) is 0.380. The van der Waals surface area contributed by atoms with Crippen LogP contribution in [0.2, 0.25) is 5.02 Å². The molecule has 0 atom stereocenters. The number of carbonyl (C=O) groups excluding carboxylic acids is 2. The van der Waals surface area contributed by atoms with E-state index in [2.05, 4.69) is 23.1 Å². The van der Waals surface area contributed by atoms with Crippen molar-refractivity contribution in [2.75, 3.05) is 50.1 Å². The van der Waals surface area contributed by atoms with Crippen molar-refractivity contribution in [1.82, 2.24) is 9.80 Å². The fourth-order valence-corrected chi connectivity index (χ4v) is 5.55. The summed E-state index contributed by atoms with van der Waals surface area (Å²) < 4.78 is 0. The van der Waals surface area contributed by atoms with Crippen molar-refractivity contribution in [3.63, 3.8) is 0 Å². The molecule has 210 valence electrons. The summed E-state index contributed by atoms with van der Waals surface area (Å²) in [7, 11) is 3.97. The van der Waals surface area contributed by atoms with Crippen LogP contribution in [0.25, 0.3) is 0 Å². The Morgan fingerprint density at radius 2 is 1.60 bits per heavy atom. The molecule has 2 amide bonds. The van der Waals surface area contributed by atoms with Crippen LogP contribution in [-0.2, 0) is 17.9 Å². The number of rotatable bonds is 5. The monoisotopic (exact) mass is 558 g/mol. The van der Waals surface area contributed by atoms with Gasteiger partial charge in [0.2, 0.25) is 5.91 Å². The van der Waals surface area contributed by atoms with Crippen LogP contribution in [0, 0.1) is 5.92 Å². The van der Waals surface area contributed by atoms with Crippen LogP contribution in [0.4, 0.5) is 11.4 Å². The molecular formula is C33H39ClN4O2.